The van der Waals surface area contributed by atoms with Gasteiger partial charge >= 0.3 is 6.18 Å². The van der Waals surface area contributed by atoms with Gasteiger partial charge in [0.1, 0.15) is 17.0 Å². The number of rotatable bonds is 5. The maximum Gasteiger partial charge on any atom is 0.393 e. The highest BCUT2D eigenvalue weighted by atomic mass is 32.1. The van der Waals surface area contributed by atoms with Crippen LogP contribution in [0.5, 0.6) is 0 Å². The molecule has 166 valence electrons. The van der Waals surface area contributed by atoms with E-state index in [9.17, 15) is 13.2 Å². The summed E-state index contributed by atoms with van der Waals surface area (Å²) in [6.07, 6.45) is -1.81. The molecule has 3 heterocycles. The van der Waals surface area contributed by atoms with Crippen molar-refractivity contribution in [1.29, 1.82) is 0 Å². The highest BCUT2D eigenvalue weighted by Crippen LogP contribution is 2.33. The summed E-state index contributed by atoms with van der Waals surface area (Å²) in [7, 11) is 0. The van der Waals surface area contributed by atoms with Crippen molar-refractivity contribution in [2.24, 2.45) is 0 Å². The number of alkyl halides is 3. The van der Waals surface area contributed by atoms with E-state index in [0.717, 1.165) is 43.8 Å². The van der Waals surface area contributed by atoms with Gasteiger partial charge in [-0.05, 0) is 41.3 Å². The zero-order valence-corrected chi connectivity index (χ0v) is 18.2. The smallest absolute Gasteiger partial charge is 0.367 e. The lowest BCUT2D eigenvalue weighted by Crippen LogP contribution is -2.38. The van der Waals surface area contributed by atoms with Crippen LogP contribution in [0.15, 0.2) is 54.9 Å². The van der Waals surface area contributed by atoms with Crippen LogP contribution in [0.25, 0.3) is 21.0 Å². The average molecular weight is 457 g/mol. The maximum atomic E-state index is 12.8. The lowest BCUT2D eigenvalue weighted by molar-refractivity contribution is -0.126. The molecule has 1 aliphatic heterocycles. The second-order valence-corrected chi connectivity index (χ2v) is 9.44. The van der Waals surface area contributed by atoms with E-state index in [1.54, 1.807) is 6.07 Å². The lowest BCUT2D eigenvalue weighted by atomic mass is 10.0. The van der Waals surface area contributed by atoms with Gasteiger partial charge < -0.3 is 5.32 Å². The first-order chi connectivity index (χ1) is 15.4. The van der Waals surface area contributed by atoms with E-state index in [4.69, 9.17) is 0 Å². The van der Waals surface area contributed by atoms with E-state index < -0.39 is 12.6 Å². The molecular formula is C24H23F3N4S. The summed E-state index contributed by atoms with van der Waals surface area (Å²) in [6, 6.07) is 16.8. The highest BCUT2D eigenvalue weighted by Gasteiger charge is 2.29. The lowest BCUT2D eigenvalue weighted by Gasteiger charge is -2.32. The number of hydrogen-bond acceptors (Lipinski definition) is 5. The van der Waals surface area contributed by atoms with Crippen LogP contribution in [-0.4, -0.2) is 40.2 Å². The number of thiophene rings is 1. The van der Waals surface area contributed by atoms with Crippen molar-refractivity contribution in [3.63, 3.8) is 0 Å². The molecule has 32 heavy (non-hydrogen) atoms. The van der Waals surface area contributed by atoms with Gasteiger partial charge in [-0.25, -0.2) is 9.97 Å². The maximum absolute atomic E-state index is 12.8. The summed E-state index contributed by atoms with van der Waals surface area (Å²) < 4.78 is 38.3. The Morgan fingerprint density at radius 1 is 1.00 bits per heavy atom. The minimum atomic E-state index is -4.22. The van der Waals surface area contributed by atoms with Gasteiger partial charge in [0.25, 0.3) is 0 Å². The summed E-state index contributed by atoms with van der Waals surface area (Å²) >= 11 is 1.08. The van der Waals surface area contributed by atoms with Crippen molar-refractivity contribution < 1.29 is 13.2 Å². The van der Waals surface area contributed by atoms with Crippen LogP contribution >= 0.6 is 11.3 Å². The molecule has 0 unspecified atom stereocenters. The first-order valence-corrected chi connectivity index (χ1v) is 11.5. The predicted octanol–water partition coefficient (Wildman–Crippen LogP) is 6.03. The fourth-order valence-corrected chi connectivity index (χ4v) is 5.36. The number of nitrogens with zero attached hydrogens (tertiary/aromatic N) is 3. The van der Waals surface area contributed by atoms with E-state index in [2.05, 4.69) is 62.6 Å². The van der Waals surface area contributed by atoms with Gasteiger partial charge in [-0.3, -0.25) is 4.90 Å². The topological polar surface area (TPSA) is 41.0 Å². The molecule has 2 aromatic heterocycles. The molecule has 1 aliphatic rings. The Labute approximate surface area is 188 Å². The van der Waals surface area contributed by atoms with Crippen LogP contribution in [-0.2, 0) is 13.0 Å². The van der Waals surface area contributed by atoms with Crippen LogP contribution in [0, 0.1) is 0 Å². The summed E-state index contributed by atoms with van der Waals surface area (Å²) in [4.78, 5) is 11.8. The van der Waals surface area contributed by atoms with Gasteiger partial charge in [0.05, 0.1) is 11.8 Å². The van der Waals surface area contributed by atoms with Crippen LogP contribution in [0.3, 0.4) is 0 Å². The Morgan fingerprint density at radius 2 is 1.78 bits per heavy atom. The Kier molecular flexibility index (Phi) is 5.73. The molecule has 1 saturated heterocycles. The monoisotopic (exact) mass is 456 g/mol. The van der Waals surface area contributed by atoms with Crippen molar-refractivity contribution >= 4 is 38.1 Å². The number of hydrogen-bond donors (Lipinski definition) is 1. The fraction of sp³-hybridized carbons (Fsp3) is 0.333. The molecule has 1 N–H and O–H groups in total. The molecule has 0 radical (unpaired) electrons. The third kappa shape index (κ3) is 4.86. The largest absolute Gasteiger partial charge is 0.393 e. The van der Waals surface area contributed by atoms with E-state index >= 15 is 0 Å². The molecule has 0 aliphatic carbocycles. The van der Waals surface area contributed by atoms with Crippen LogP contribution < -0.4 is 5.32 Å². The van der Waals surface area contributed by atoms with E-state index in [1.165, 1.54) is 22.7 Å². The van der Waals surface area contributed by atoms with Crippen molar-refractivity contribution in [2.45, 2.75) is 38.0 Å². The summed E-state index contributed by atoms with van der Waals surface area (Å²) in [5.74, 6) is 0.632. The summed E-state index contributed by atoms with van der Waals surface area (Å²) in [5, 5.41) is 6.64. The van der Waals surface area contributed by atoms with Gasteiger partial charge in [-0.15, -0.1) is 11.3 Å². The second-order valence-electron chi connectivity index (χ2n) is 8.32. The molecule has 8 heteroatoms. The van der Waals surface area contributed by atoms with E-state index in [1.807, 2.05) is 0 Å². The minimum absolute atomic E-state index is 0.243. The third-order valence-electron chi connectivity index (χ3n) is 5.90. The standard InChI is InChI=1S/C24H23F3N4S/c25-24(26,27)13-20-12-21-22(28-15-29-23(21)32-20)30-19-7-9-31(10-8-19)14-16-5-6-17-3-1-2-4-18(17)11-16/h1-6,11-12,15,19H,7-10,13-14H2,(H,28,29,30). The zero-order chi connectivity index (χ0) is 22.1. The highest BCUT2D eigenvalue weighted by molar-refractivity contribution is 7.18. The van der Waals surface area contributed by atoms with Gasteiger partial charge in [0.2, 0.25) is 0 Å². The van der Waals surface area contributed by atoms with Crippen molar-refractivity contribution in [1.82, 2.24) is 14.9 Å². The van der Waals surface area contributed by atoms with Gasteiger partial charge in [-0.2, -0.15) is 13.2 Å². The van der Waals surface area contributed by atoms with E-state index in [0.29, 0.717) is 16.0 Å². The SMILES string of the molecule is FC(F)(F)Cc1cc2c(NC3CCN(Cc4ccc5ccccc5c4)CC3)ncnc2s1. The third-order valence-corrected chi connectivity index (χ3v) is 6.95. The number of piperidine rings is 1. The number of anilines is 1. The van der Waals surface area contributed by atoms with Crippen LogP contribution in [0.2, 0.25) is 0 Å². The van der Waals surface area contributed by atoms with E-state index in [-0.39, 0.29) is 10.9 Å². The summed E-state index contributed by atoms with van der Waals surface area (Å²) in [6.45, 7) is 2.84. The Morgan fingerprint density at radius 3 is 2.56 bits per heavy atom. The van der Waals surface area contributed by atoms with Crippen molar-refractivity contribution in [3.8, 4) is 0 Å². The zero-order valence-electron chi connectivity index (χ0n) is 17.4. The Hall–Kier alpha value is -2.71. The molecule has 2 aromatic carbocycles. The van der Waals surface area contributed by atoms with Crippen molar-refractivity contribution in [3.05, 3.63) is 65.3 Å². The van der Waals surface area contributed by atoms with Gasteiger partial charge in [0, 0.05) is 30.6 Å². The number of likely N-dealkylation sites (tertiary alicyclic amines) is 1. The Balaban J connectivity index is 1.21. The van der Waals surface area contributed by atoms with Crippen molar-refractivity contribution in [2.75, 3.05) is 18.4 Å². The molecule has 0 spiro atoms. The molecule has 4 nitrogen and oxygen atoms in total. The Bertz CT molecular complexity index is 1230. The molecule has 5 rings (SSSR count). The molecule has 0 saturated carbocycles. The summed E-state index contributed by atoms with van der Waals surface area (Å²) in [5.41, 5.74) is 1.31. The molecule has 0 amide bonds. The normalized spacial score (nSPS) is 16.1. The average Bonchev–Trinajstić information content (AvgIpc) is 3.17. The minimum Gasteiger partial charge on any atom is -0.367 e. The predicted molar refractivity (Wildman–Crippen MR) is 123 cm³/mol. The molecule has 1 fully saturated rings. The molecule has 0 bridgehead atoms. The van der Waals surface area contributed by atoms with Gasteiger partial charge in [0.15, 0.2) is 0 Å². The number of aromatic nitrogens is 2. The molecule has 4 aromatic rings. The molecular weight excluding hydrogens is 433 g/mol. The van der Waals surface area contributed by atoms with Crippen LogP contribution in [0.4, 0.5) is 19.0 Å². The number of fused-ring (bicyclic) bond motifs is 2. The molecule has 0 atom stereocenters. The number of halogens is 3. The second kappa shape index (κ2) is 8.67. The first kappa shape index (κ1) is 21.2. The number of benzene rings is 2. The van der Waals surface area contributed by atoms with Gasteiger partial charge in [-0.1, -0.05) is 36.4 Å². The number of nitrogens with one attached hydrogen (secondary N) is 1. The quantitative estimate of drug-likeness (QED) is 0.398. The fourth-order valence-electron chi connectivity index (χ4n) is 4.33. The van der Waals surface area contributed by atoms with Crippen LogP contribution in [0.1, 0.15) is 23.3 Å². The first-order valence-electron chi connectivity index (χ1n) is 10.7.